The van der Waals surface area contributed by atoms with Gasteiger partial charge in [-0.05, 0) is 30.5 Å². The van der Waals surface area contributed by atoms with Crippen molar-refractivity contribution >= 4 is 0 Å². The van der Waals surface area contributed by atoms with Gasteiger partial charge in [0.15, 0.2) is 0 Å². The molecule has 0 aromatic heterocycles. The third kappa shape index (κ3) is 6.06. The minimum Gasteiger partial charge on any atom is -0.315 e. The number of hydrogen-bond acceptors (Lipinski definition) is 2. The highest BCUT2D eigenvalue weighted by Gasteiger charge is 2.19. The van der Waals surface area contributed by atoms with E-state index in [0.717, 1.165) is 26.2 Å². The van der Waals surface area contributed by atoms with E-state index in [9.17, 15) is 0 Å². The highest BCUT2D eigenvalue weighted by atomic mass is 15.2. The van der Waals surface area contributed by atoms with Crippen LogP contribution in [0, 0.1) is 11.8 Å². The van der Waals surface area contributed by atoms with Gasteiger partial charge in [0.2, 0.25) is 0 Å². The highest BCUT2D eigenvalue weighted by Crippen LogP contribution is 2.21. The lowest BCUT2D eigenvalue weighted by atomic mass is 10.0. The van der Waals surface area contributed by atoms with Gasteiger partial charge in [-0.3, -0.25) is 4.90 Å². The van der Waals surface area contributed by atoms with Crippen molar-refractivity contribution in [1.82, 2.24) is 10.2 Å². The third-order valence-electron chi connectivity index (χ3n) is 3.52. The molecule has 0 bridgehead atoms. The van der Waals surface area contributed by atoms with Crippen LogP contribution >= 0.6 is 0 Å². The molecular formula is C18H32N2. The maximum Gasteiger partial charge on any atom is 0.0472 e. The first kappa shape index (κ1) is 17.2. The first-order chi connectivity index (χ1) is 9.54. The monoisotopic (exact) mass is 276 g/mol. The van der Waals surface area contributed by atoms with E-state index in [1.165, 1.54) is 5.56 Å². The highest BCUT2D eigenvalue weighted by molar-refractivity contribution is 5.19. The van der Waals surface area contributed by atoms with Crippen LogP contribution in [0.1, 0.15) is 46.2 Å². The fourth-order valence-corrected chi connectivity index (χ4v) is 2.59. The zero-order valence-corrected chi connectivity index (χ0v) is 13.9. The van der Waals surface area contributed by atoms with Gasteiger partial charge >= 0.3 is 0 Å². The van der Waals surface area contributed by atoms with E-state index >= 15 is 0 Å². The van der Waals surface area contributed by atoms with Crippen molar-refractivity contribution in [3.05, 3.63) is 35.9 Å². The predicted molar refractivity (Wildman–Crippen MR) is 89.0 cm³/mol. The summed E-state index contributed by atoms with van der Waals surface area (Å²) in [6.45, 7) is 15.7. The van der Waals surface area contributed by atoms with E-state index in [-0.39, 0.29) is 0 Å². The first-order valence-corrected chi connectivity index (χ1v) is 8.04. The van der Waals surface area contributed by atoms with Crippen LogP contribution in [0.25, 0.3) is 0 Å². The van der Waals surface area contributed by atoms with Crippen molar-refractivity contribution in [2.45, 2.75) is 40.7 Å². The molecule has 0 heterocycles. The zero-order chi connectivity index (χ0) is 15.0. The van der Waals surface area contributed by atoms with Crippen LogP contribution in [0.2, 0.25) is 0 Å². The van der Waals surface area contributed by atoms with Crippen molar-refractivity contribution in [2.75, 3.05) is 26.2 Å². The molecule has 0 aliphatic carbocycles. The number of nitrogens with one attached hydrogen (secondary N) is 1. The Morgan fingerprint density at radius 2 is 1.60 bits per heavy atom. The van der Waals surface area contributed by atoms with Crippen LogP contribution in [0.4, 0.5) is 0 Å². The molecule has 2 heteroatoms. The van der Waals surface area contributed by atoms with Crippen LogP contribution in [0.3, 0.4) is 0 Å². The van der Waals surface area contributed by atoms with Gasteiger partial charge in [0.1, 0.15) is 0 Å². The average molecular weight is 276 g/mol. The quantitative estimate of drug-likeness (QED) is 0.734. The van der Waals surface area contributed by atoms with E-state index in [0.29, 0.717) is 17.9 Å². The van der Waals surface area contributed by atoms with Gasteiger partial charge in [0.25, 0.3) is 0 Å². The van der Waals surface area contributed by atoms with Crippen LogP contribution in [0.15, 0.2) is 30.3 Å². The lowest BCUT2D eigenvalue weighted by molar-refractivity contribution is 0.180. The van der Waals surface area contributed by atoms with Gasteiger partial charge < -0.3 is 5.32 Å². The average Bonchev–Trinajstić information content (AvgIpc) is 2.42. The molecule has 0 fully saturated rings. The second kappa shape index (κ2) is 9.15. The van der Waals surface area contributed by atoms with Gasteiger partial charge in [-0.2, -0.15) is 0 Å². The summed E-state index contributed by atoms with van der Waals surface area (Å²) >= 11 is 0. The summed E-state index contributed by atoms with van der Waals surface area (Å²) in [6.07, 6.45) is 0. The van der Waals surface area contributed by atoms with E-state index < -0.39 is 0 Å². The Hall–Kier alpha value is -0.860. The third-order valence-corrected chi connectivity index (χ3v) is 3.52. The molecular weight excluding hydrogens is 244 g/mol. The number of likely N-dealkylation sites (N-methyl/N-ethyl adjacent to an activating group) is 1. The van der Waals surface area contributed by atoms with Crippen molar-refractivity contribution in [3.63, 3.8) is 0 Å². The molecule has 1 aromatic carbocycles. The molecule has 0 aliphatic rings. The van der Waals surface area contributed by atoms with E-state index in [1.54, 1.807) is 0 Å². The Balaban J connectivity index is 2.77. The molecule has 1 unspecified atom stereocenters. The second-order valence-corrected chi connectivity index (χ2v) is 6.46. The van der Waals surface area contributed by atoms with E-state index in [2.05, 4.69) is 75.2 Å². The molecule has 2 nitrogen and oxygen atoms in total. The van der Waals surface area contributed by atoms with E-state index in [1.807, 2.05) is 0 Å². The van der Waals surface area contributed by atoms with Gasteiger partial charge in [-0.1, -0.05) is 65.0 Å². The SMILES string of the molecule is CCN(CC(C)C)C(CNCC(C)C)c1ccccc1. The number of hydrogen-bond donors (Lipinski definition) is 1. The molecule has 0 aliphatic heterocycles. The Kier molecular flexibility index (Phi) is 7.86. The summed E-state index contributed by atoms with van der Waals surface area (Å²) in [5.41, 5.74) is 1.42. The van der Waals surface area contributed by atoms with Crippen LogP contribution in [0.5, 0.6) is 0 Å². The molecule has 0 radical (unpaired) electrons. The molecule has 1 aromatic rings. The first-order valence-electron chi connectivity index (χ1n) is 8.04. The molecule has 20 heavy (non-hydrogen) atoms. The number of benzene rings is 1. The molecule has 0 saturated heterocycles. The fraction of sp³-hybridized carbons (Fsp3) is 0.667. The summed E-state index contributed by atoms with van der Waals surface area (Å²) in [6, 6.07) is 11.4. The Labute approximate surface area is 125 Å². The standard InChI is InChI=1S/C18H32N2/c1-6-20(14-16(4)5)18(13-19-12-15(2)3)17-10-8-7-9-11-17/h7-11,15-16,18-19H,6,12-14H2,1-5H3. The number of nitrogens with zero attached hydrogens (tertiary/aromatic N) is 1. The maximum absolute atomic E-state index is 3.63. The largest absolute Gasteiger partial charge is 0.315 e. The Bertz CT molecular complexity index is 346. The van der Waals surface area contributed by atoms with Crippen molar-refractivity contribution < 1.29 is 0 Å². The van der Waals surface area contributed by atoms with Crippen molar-refractivity contribution in [2.24, 2.45) is 11.8 Å². The lowest BCUT2D eigenvalue weighted by Gasteiger charge is -2.33. The van der Waals surface area contributed by atoms with Gasteiger partial charge in [0.05, 0.1) is 0 Å². The predicted octanol–water partition coefficient (Wildman–Crippen LogP) is 3.95. The normalized spacial score (nSPS) is 13.4. The second-order valence-electron chi connectivity index (χ2n) is 6.46. The summed E-state index contributed by atoms with van der Waals surface area (Å²) in [7, 11) is 0. The molecule has 1 atom stereocenters. The molecule has 1 N–H and O–H groups in total. The fourth-order valence-electron chi connectivity index (χ4n) is 2.59. The van der Waals surface area contributed by atoms with Gasteiger partial charge in [-0.25, -0.2) is 0 Å². The summed E-state index contributed by atoms with van der Waals surface area (Å²) in [5, 5.41) is 3.63. The van der Waals surface area contributed by atoms with Crippen LogP contribution < -0.4 is 5.32 Å². The van der Waals surface area contributed by atoms with Crippen molar-refractivity contribution in [3.8, 4) is 0 Å². The minimum atomic E-state index is 0.474. The smallest absolute Gasteiger partial charge is 0.0472 e. The Morgan fingerprint density at radius 3 is 2.10 bits per heavy atom. The minimum absolute atomic E-state index is 0.474. The molecule has 0 spiro atoms. The molecule has 114 valence electrons. The summed E-state index contributed by atoms with van der Waals surface area (Å²) < 4.78 is 0. The molecule has 1 rings (SSSR count). The van der Waals surface area contributed by atoms with Gasteiger partial charge in [0, 0.05) is 19.1 Å². The maximum atomic E-state index is 3.63. The van der Waals surface area contributed by atoms with Crippen molar-refractivity contribution in [1.29, 1.82) is 0 Å². The number of rotatable bonds is 9. The summed E-state index contributed by atoms with van der Waals surface area (Å²) in [4.78, 5) is 2.59. The van der Waals surface area contributed by atoms with Crippen LogP contribution in [-0.4, -0.2) is 31.1 Å². The Morgan fingerprint density at radius 1 is 0.950 bits per heavy atom. The summed E-state index contributed by atoms with van der Waals surface area (Å²) in [5.74, 6) is 1.40. The molecule has 0 saturated carbocycles. The van der Waals surface area contributed by atoms with Crippen LogP contribution in [-0.2, 0) is 0 Å². The molecule has 0 amide bonds. The topological polar surface area (TPSA) is 15.3 Å². The van der Waals surface area contributed by atoms with E-state index in [4.69, 9.17) is 0 Å². The van der Waals surface area contributed by atoms with Gasteiger partial charge in [-0.15, -0.1) is 0 Å². The zero-order valence-electron chi connectivity index (χ0n) is 13.9. The lowest BCUT2D eigenvalue weighted by Crippen LogP contribution is -2.38.